The van der Waals surface area contributed by atoms with E-state index in [-0.39, 0.29) is 11.9 Å². The molecule has 0 aromatic carbocycles. The molecule has 1 aliphatic rings. The zero-order valence-electron chi connectivity index (χ0n) is 12.6. The average molecular weight is 294 g/mol. The highest BCUT2D eigenvalue weighted by Gasteiger charge is 2.33. The Balaban J connectivity index is 2.42. The van der Waals surface area contributed by atoms with Crippen LogP contribution in [0.15, 0.2) is 0 Å². The topological polar surface area (TPSA) is 105 Å². The van der Waals surface area contributed by atoms with E-state index in [1.807, 2.05) is 11.8 Å². The summed E-state index contributed by atoms with van der Waals surface area (Å²) >= 11 is 0. The van der Waals surface area contributed by atoms with E-state index in [0.29, 0.717) is 36.7 Å². The molecule has 21 heavy (non-hydrogen) atoms. The number of aromatic nitrogens is 2. The maximum atomic E-state index is 12.2. The van der Waals surface area contributed by atoms with E-state index in [9.17, 15) is 9.59 Å². The van der Waals surface area contributed by atoms with Gasteiger partial charge in [0, 0.05) is 33.2 Å². The van der Waals surface area contributed by atoms with Crippen LogP contribution in [-0.4, -0.2) is 53.8 Å². The lowest BCUT2D eigenvalue weighted by molar-refractivity contribution is -0.122. The second-order valence-corrected chi connectivity index (χ2v) is 5.08. The maximum Gasteiger partial charge on any atom is 0.254 e. The third-order valence-electron chi connectivity index (χ3n) is 3.61. The van der Waals surface area contributed by atoms with Gasteiger partial charge in [0.15, 0.2) is 0 Å². The van der Waals surface area contributed by atoms with E-state index in [1.165, 1.54) is 0 Å². The Hall–Kier alpha value is -2.09. The van der Waals surface area contributed by atoms with Crippen molar-refractivity contribution in [3.05, 3.63) is 11.3 Å². The number of carbonyl (C=O) groups is 2. The fraction of sp³-hybridized carbons (Fsp3) is 0.615. The van der Waals surface area contributed by atoms with E-state index in [0.717, 1.165) is 6.54 Å². The summed E-state index contributed by atoms with van der Waals surface area (Å²) in [4.78, 5) is 25.9. The van der Waals surface area contributed by atoms with Crippen molar-refractivity contribution in [2.24, 2.45) is 12.8 Å². The van der Waals surface area contributed by atoms with Gasteiger partial charge >= 0.3 is 0 Å². The summed E-state index contributed by atoms with van der Waals surface area (Å²) in [7, 11) is 1.76. The monoisotopic (exact) mass is 294 g/mol. The van der Waals surface area contributed by atoms with Gasteiger partial charge in [-0.05, 0) is 13.8 Å². The summed E-state index contributed by atoms with van der Waals surface area (Å²) in [5, 5.41) is 10.3. The van der Waals surface area contributed by atoms with Crippen LogP contribution in [0.4, 0.5) is 5.82 Å². The Morgan fingerprint density at radius 1 is 1.52 bits per heavy atom. The predicted molar refractivity (Wildman–Crippen MR) is 79.2 cm³/mol. The van der Waals surface area contributed by atoms with Crippen LogP contribution < -0.4 is 21.3 Å². The SMILES string of the molecule is CCNC(=O)C1CNCCN1c1c(C(N)=O)c(C)nn1C. The fourth-order valence-corrected chi connectivity index (χ4v) is 2.75. The Bertz CT molecular complexity index is 553. The first-order chi connectivity index (χ1) is 9.97. The minimum Gasteiger partial charge on any atom is -0.365 e. The summed E-state index contributed by atoms with van der Waals surface area (Å²) in [6, 6.07) is -0.383. The van der Waals surface area contributed by atoms with Gasteiger partial charge in [-0.2, -0.15) is 5.10 Å². The Labute approximate surface area is 123 Å². The van der Waals surface area contributed by atoms with Gasteiger partial charge in [-0.15, -0.1) is 0 Å². The lowest BCUT2D eigenvalue weighted by Crippen LogP contribution is -2.58. The van der Waals surface area contributed by atoms with Crippen molar-refractivity contribution in [1.29, 1.82) is 0 Å². The minimum atomic E-state index is -0.524. The number of nitrogens with zero attached hydrogens (tertiary/aromatic N) is 3. The molecule has 1 aromatic heterocycles. The third-order valence-corrected chi connectivity index (χ3v) is 3.61. The summed E-state index contributed by atoms with van der Waals surface area (Å²) in [6.45, 7) is 6.05. The van der Waals surface area contributed by atoms with Crippen molar-refractivity contribution >= 4 is 17.6 Å². The van der Waals surface area contributed by atoms with E-state index in [2.05, 4.69) is 15.7 Å². The minimum absolute atomic E-state index is 0.0704. The molecule has 2 heterocycles. The van der Waals surface area contributed by atoms with E-state index in [1.54, 1.807) is 18.7 Å². The van der Waals surface area contributed by atoms with Gasteiger partial charge in [0.25, 0.3) is 5.91 Å². The van der Waals surface area contributed by atoms with Crippen molar-refractivity contribution < 1.29 is 9.59 Å². The number of aryl methyl sites for hydroxylation is 2. The van der Waals surface area contributed by atoms with E-state index >= 15 is 0 Å². The first-order valence-electron chi connectivity index (χ1n) is 7.05. The van der Waals surface area contributed by atoms with E-state index < -0.39 is 5.91 Å². The second-order valence-electron chi connectivity index (χ2n) is 5.08. The number of rotatable bonds is 4. The van der Waals surface area contributed by atoms with Crippen LogP contribution in [0.2, 0.25) is 0 Å². The Kier molecular flexibility index (Phi) is 4.46. The molecule has 1 saturated heterocycles. The van der Waals surface area contributed by atoms with Gasteiger partial charge < -0.3 is 21.3 Å². The highest BCUT2D eigenvalue weighted by atomic mass is 16.2. The number of anilines is 1. The Morgan fingerprint density at radius 2 is 2.24 bits per heavy atom. The van der Waals surface area contributed by atoms with Crippen molar-refractivity contribution in [3.8, 4) is 0 Å². The molecule has 0 aliphatic carbocycles. The number of piperazine rings is 1. The Morgan fingerprint density at radius 3 is 2.86 bits per heavy atom. The molecule has 0 spiro atoms. The molecule has 116 valence electrons. The van der Waals surface area contributed by atoms with Crippen LogP contribution in [0.5, 0.6) is 0 Å². The molecule has 0 saturated carbocycles. The quantitative estimate of drug-likeness (QED) is 0.643. The van der Waals surface area contributed by atoms with Crippen molar-refractivity contribution in [1.82, 2.24) is 20.4 Å². The normalized spacial score (nSPS) is 18.6. The molecule has 0 radical (unpaired) electrons. The molecular formula is C13H22N6O2. The molecule has 1 unspecified atom stereocenters. The summed E-state index contributed by atoms with van der Waals surface area (Å²) in [6.07, 6.45) is 0. The highest BCUT2D eigenvalue weighted by Crippen LogP contribution is 2.25. The van der Waals surface area contributed by atoms with Crippen LogP contribution in [0, 0.1) is 6.92 Å². The first-order valence-corrected chi connectivity index (χ1v) is 7.05. The number of carbonyl (C=O) groups excluding carboxylic acids is 2. The van der Waals surface area contributed by atoms with Gasteiger partial charge in [0.1, 0.15) is 17.4 Å². The zero-order valence-corrected chi connectivity index (χ0v) is 12.6. The molecule has 4 N–H and O–H groups in total. The summed E-state index contributed by atoms with van der Waals surface area (Å²) < 4.78 is 1.62. The predicted octanol–water partition coefficient (Wildman–Crippen LogP) is -1.26. The number of primary amides is 1. The molecule has 8 heteroatoms. The van der Waals surface area contributed by atoms with Gasteiger partial charge in [0.05, 0.1) is 5.69 Å². The second kappa shape index (κ2) is 6.13. The molecule has 2 amide bonds. The number of nitrogens with two attached hydrogens (primary N) is 1. The first kappa shape index (κ1) is 15.3. The largest absolute Gasteiger partial charge is 0.365 e. The molecule has 2 rings (SSSR count). The van der Waals surface area contributed by atoms with Crippen molar-refractivity contribution in [2.75, 3.05) is 31.1 Å². The summed E-state index contributed by atoms with van der Waals surface area (Å²) in [5.41, 5.74) is 6.44. The third kappa shape index (κ3) is 2.85. The van der Waals surface area contributed by atoms with Crippen LogP contribution in [0.1, 0.15) is 23.0 Å². The van der Waals surface area contributed by atoms with Crippen molar-refractivity contribution in [2.45, 2.75) is 19.9 Å². The lowest BCUT2D eigenvalue weighted by atomic mass is 10.1. The van der Waals surface area contributed by atoms with Crippen molar-refractivity contribution in [3.63, 3.8) is 0 Å². The number of amides is 2. The van der Waals surface area contributed by atoms with E-state index in [4.69, 9.17) is 5.73 Å². The standard InChI is InChI=1S/C13H22N6O2/c1-4-16-12(21)9-7-15-5-6-19(9)13-10(11(14)20)8(2)17-18(13)3/h9,15H,4-7H2,1-3H3,(H2,14,20)(H,16,21). The van der Waals surface area contributed by atoms with Crippen LogP contribution in [0.3, 0.4) is 0 Å². The molecule has 1 atom stereocenters. The van der Waals surface area contributed by atoms with Gasteiger partial charge in [-0.3, -0.25) is 14.3 Å². The van der Waals surface area contributed by atoms with Gasteiger partial charge in [-0.1, -0.05) is 0 Å². The zero-order chi connectivity index (χ0) is 15.6. The molecule has 1 aliphatic heterocycles. The highest BCUT2D eigenvalue weighted by molar-refractivity contribution is 6.00. The van der Waals surface area contributed by atoms with Gasteiger partial charge in [-0.25, -0.2) is 0 Å². The molecular weight excluding hydrogens is 272 g/mol. The number of likely N-dealkylation sites (N-methyl/N-ethyl adjacent to an activating group) is 1. The molecule has 1 fully saturated rings. The van der Waals surface area contributed by atoms with Crippen LogP contribution >= 0.6 is 0 Å². The number of nitrogens with one attached hydrogen (secondary N) is 2. The molecule has 0 bridgehead atoms. The summed E-state index contributed by atoms with van der Waals surface area (Å²) in [5.74, 6) is 0.0144. The van der Waals surface area contributed by atoms with Gasteiger partial charge in [0.2, 0.25) is 5.91 Å². The molecule has 1 aromatic rings. The lowest BCUT2D eigenvalue weighted by Gasteiger charge is -2.36. The number of hydrogen-bond acceptors (Lipinski definition) is 5. The maximum absolute atomic E-state index is 12.2. The number of hydrogen-bond donors (Lipinski definition) is 3. The van der Waals surface area contributed by atoms with Crippen LogP contribution in [0.25, 0.3) is 0 Å². The average Bonchev–Trinajstić information content (AvgIpc) is 2.73. The fourth-order valence-electron chi connectivity index (χ4n) is 2.75. The molecule has 8 nitrogen and oxygen atoms in total. The smallest absolute Gasteiger partial charge is 0.254 e. The van der Waals surface area contributed by atoms with Crippen LogP contribution in [-0.2, 0) is 11.8 Å².